The second kappa shape index (κ2) is 8.13. The van der Waals surface area contributed by atoms with Gasteiger partial charge in [-0.3, -0.25) is 9.48 Å². The van der Waals surface area contributed by atoms with Crippen molar-refractivity contribution < 1.29 is 9.21 Å². The van der Waals surface area contributed by atoms with E-state index in [4.69, 9.17) is 4.42 Å². The molecule has 1 N–H and O–H groups in total. The number of thioether (sulfide) groups is 1. The van der Waals surface area contributed by atoms with Gasteiger partial charge in [0, 0.05) is 24.2 Å². The third-order valence-electron chi connectivity index (χ3n) is 4.66. The average Bonchev–Trinajstić information content (AvgIpc) is 3.35. The summed E-state index contributed by atoms with van der Waals surface area (Å²) in [5.41, 5.74) is 3.86. The standard InChI is InChI=1S/C22H22N4O2S/c1-14-6-8-16(9-7-14)29-12-10-23-22(27)17-13-18(19-5-4-11-28-19)24-21-20(17)15(2)25-26(21)3/h4-9,11,13H,10,12H2,1-3H3,(H,23,27). The molecule has 1 aromatic carbocycles. The molecule has 1 amide bonds. The number of amides is 1. The SMILES string of the molecule is Cc1ccc(SCCNC(=O)c2cc(-c3ccco3)nc3c2c(C)nn3C)cc1. The molecule has 4 aromatic rings. The van der Waals surface area contributed by atoms with Crippen molar-refractivity contribution in [3.63, 3.8) is 0 Å². The molecule has 0 spiro atoms. The van der Waals surface area contributed by atoms with Gasteiger partial charge in [0.25, 0.3) is 5.91 Å². The number of hydrogen-bond acceptors (Lipinski definition) is 5. The largest absolute Gasteiger partial charge is 0.463 e. The van der Waals surface area contributed by atoms with E-state index < -0.39 is 0 Å². The lowest BCUT2D eigenvalue weighted by Crippen LogP contribution is -2.26. The molecular formula is C22H22N4O2S. The maximum absolute atomic E-state index is 13.0. The molecule has 0 bridgehead atoms. The van der Waals surface area contributed by atoms with Gasteiger partial charge in [-0.25, -0.2) is 4.98 Å². The van der Waals surface area contributed by atoms with Crippen LogP contribution in [0.15, 0.2) is 58.0 Å². The molecule has 29 heavy (non-hydrogen) atoms. The third-order valence-corrected chi connectivity index (χ3v) is 5.68. The number of pyridine rings is 1. The fraction of sp³-hybridized carbons (Fsp3) is 0.227. The Hall–Kier alpha value is -3.06. The van der Waals surface area contributed by atoms with Gasteiger partial charge in [0.1, 0.15) is 5.69 Å². The Labute approximate surface area is 173 Å². The van der Waals surface area contributed by atoms with Crippen LogP contribution in [0.3, 0.4) is 0 Å². The fourth-order valence-corrected chi connectivity index (χ4v) is 4.01. The normalized spacial score (nSPS) is 11.1. The van der Waals surface area contributed by atoms with Gasteiger partial charge < -0.3 is 9.73 Å². The van der Waals surface area contributed by atoms with Crippen LogP contribution >= 0.6 is 11.8 Å². The van der Waals surface area contributed by atoms with Crippen molar-refractivity contribution >= 4 is 28.7 Å². The molecule has 0 aliphatic heterocycles. The van der Waals surface area contributed by atoms with Crippen molar-refractivity contribution in [2.45, 2.75) is 18.7 Å². The number of benzene rings is 1. The van der Waals surface area contributed by atoms with Crippen LogP contribution in [0.25, 0.3) is 22.5 Å². The average molecular weight is 407 g/mol. The molecule has 0 aliphatic rings. The predicted octanol–water partition coefficient (Wildman–Crippen LogP) is 4.37. The van der Waals surface area contributed by atoms with Crippen molar-refractivity contribution in [2.24, 2.45) is 7.05 Å². The van der Waals surface area contributed by atoms with E-state index in [1.165, 1.54) is 10.5 Å². The van der Waals surface area contributed by atoms with Crippen molar-refractivity contribution in [2.75, 3.05) is 12.3 Å². The minimum atomic E-state index is -0.134. The Kier molecular flexibility index (Phi) is 5.40. The first-order valence-corrected chi connectivity index (χ1v) is 10.4. The van der Waals surface area contributed by atoms with Gasteiger partial charge in [-0.05, 0) is 44.2 Å². The number of nitrogens with zero attached hydrogens (tertiary/aromatic N) is 3. The Bertz CT molecular complexity index is 1150. The molecule has 0 unspecified atom stereocenters. The summed E-state index contributed by atoms with van der Waals surface area (Å²) in [5.74, 6) is 1.28. The number of rotatable bonds is 6. The van der Waals surface area contributed by atoms with Crippen LogP contribution in [-0.2, 0) is 7.05 Å². The molecule has 0 radical (unpaired) electrons. The zero-order valence-electron chi connectivity index (χ0n) is 16.6. The summed E-state index contributed by atoms with van der Waals surface area (Å²) in [6, 6.07) is 13.8. The van der Waals surface area contributed by atoms with Gasteiger partial charge in [0.15, 0.2) is 11.4 Å². The highest BCUT2D eigenvalue weighted by atomic mass is 32.2. The topological polar surface area (TPSA) is 73.0 Å². The first-order valence-electron chi connectivity index (χ1n) is 9.39. The maximum atomic E-state index is 13.0. The highest BCUT2D eigenvalue weighted by Crippen LogP contribution is 2.27. The summed E-state index contributed by atoms with van der Waals surface area (Å²) in [5, 5.41) is 8.23. The summed E-state index contributed by atoms with van der Waals surface area (Å²) in [7, 11) is 1.83. The zero-order valence-corrected chi connectivity index (χ0v) is 17.4. The van der Waals surface area contributed by atoms with Crippen molar-refractivity contribution in [1.29, 1.82) is 0 Å². The lowest BCUT2D eigenvalue weighted by Gasteiger charge is -2.09. The van der Waals surface area contributed by atoms with Crippen LogP contribution in [0.2, 0.25) is 0 Å². The second-order valence-corrected chi connectivity index (χ2v) is 8.03. The summed E-state index contributed by atoms with van der Waals surface area (Å²) in [6.45, 7) is 4.53. The molecule has 6 nitrogen and oxygen atoms in total. The zero-order chi connectivity index (χ0) is 20.4. The Morgan fingerprint density at radius 2 is 2.00 bits per heavy atom. The highest BCUT2D eigenvalue weighted by Gasteiger charge is 2.19. The van der Waals surface area contributed by atoms with Crippen LogP contribution in [0, 0.1) is 13.8 Å². The quantitative estimate of drug-likeness (QED) is 0.380. The van der Waals surface area contributed by atoms with Crippen LogP contribution in [0.1, 0.15) is 21.6 Å². The van der Waals surface area contributed by atoms with E-state index in [1.54, 1.807) is 34.8 Å². The van der Waals surface area contributed by atoms with E-state index >= 15 is 0 Å². The molecule has 4 rings (SSSR count). The molecular weight excluding hydrogens is 384 g/mol. The Morgan fingerprint density at radius 3 is 2.72 bits per heavy atom. The summed E-state index contributed by atoms with van der Waals surface area (Å²) in [6.07, 6.45) is 1.59. The van der Waals surface area contributed by atoms with Gasteiger partial charge in [-0.15, -0.1) is 11.8 Å². The smallest absolute Gasteiger partial charge is 0.252 e. The van der Waals surface area contributed by atoms with Crippen molar-refractivity contribution in [1.82, 2.24) is 20.1 Å². The molecule has 0 fully saturated rings. The summed E-state index contributed by atoms with van der Waals surface area (Å²) < 4.78 is 7.17. The second-order valence-electron chi connectivity index (χ2n) is 6.86. The number of fused-ring (bicyclic) bond motifs is 1. The highest BCUT2D eigenvalue weighted by molar-refractivity contribution is 7.99. The minimum Gasteiger partial charge on any atom is -0.463 e. The fourth-order valence-electron chi connectivity index (χ4n) is 3.24. The van der Waals surface area contributed by atoms with E-state index in [0.717, 1.165) is 16.8 Å². The molecule has 3 heterocycles. The third kappa shape index (κ3) is 4.05. The van der Waals surface area contributed by atoms with E-state index in [-0.39, 0.29) is 5.91 Å². The first kappa shape index (κ1) is 19.3. The first-order chi connectivity index (χ1) is 14.0. The Balaban J connectivity index is 1.54. The Morgan fingerprint density at radius 1 is 1.21 bits per heavy atom. The molecule has 0 aliphatic carbocycles. The van der Waals surface area contributed by atoms with Gasteiger partial charge in [-0.1, -0.05) is 17.7 Å². The van der Waals surface area contributed by atoms with Crippen LogP contribution in [0.5, 0.6) is 0 Å². The lowest BCUT2D eigenvalue weighted by atomic mass is 10.1. The minimum absolute atomic E-state index is 0.134. The summed E-state index contributed by atoms with van der Waals surface area (Å²) >= 11 is 1.72. The van der Waals surface area contributed by atoms with Crippen molar-refractivity contribution in [3.8, 4) is 11.5 Å². The number of carbonyl (C=O) groups is 1. The molecule has 0 saturated carbocycles. The van der Waals surface area contributed by atoms with E-state index in [2.05, 4.69) is 46.6 Å². The monoisotopic (exact) mass is 406 g/mol. The van der Waals surface area contributed by atoms with E-state index in [9.17, 15) is 4.79 Å². The molecule has 3 aromatic heterocycles. The number of furan rings is 1. The lowest BCUT2D eigenvalue weighted by molar-refractivity contribution is 0.0957. The number of hydrogen-bond donors (Lipinski definition) is 1. The van der Waals surface area contributed by atoms with Gasteiger partial charge >= 0.3 is 0 Å². The number of aromatic nitrogens is 3. The van der Waals surface area contributed by atoms with Gasteiger partial charge in [-0.2, -0.15) is 5.10 Å². The van der Waals surface area contributed by atoms with Crippen molar-refractivity contribution in [3.05, 3.63) is 65.5 Å². The van der Waals surface area contributed by atoms with Crippen LogP contribution in [-0.4, -0.2) is 33.0 Å². The van der Waals surface area contributed by atoms with E-state index in [0.29, 0.717) is 29.2 Å². The summed E-state index contributed by atoms with van der Waals surface area (Å²) in [4.78, 5) is 18.8. The molecule has 0 atom stereocenters. The van der Waals surface area contributed by atoms with E-state index in [1.807, 2.05) is 20.0 Å². The number of aryl methyl sites for hydroxylation is 3. The van der Waals surface area contributed by atoms with Gasteiger partial charge in [0.2, 0.25) is 0 Å². The number of carbonyl (C=O) groups excluding carboxylic acids is 1. The maximum Gasteiger partial charge on any atom is 0.252 e. The van der Waals surface area contributed by atoms with Crippen LogP contribution < -0.4 is 5.32 Å². The molecule has 0 saturated heterocycles. The van der Waals surface area contributed by atoms with Crippen LogP contribution in [0.4, 0.5) is 0 Å². The number of nitrogens with one attached hydrogen (secondary N) is 1. The predicted molar refractivity (Wildman–Crippen MR) is 115 cm³/mol. The van der Waals surface area contributed by atoms with Gasteiger partial charge in [0.05, 0.1) is 22.9 Å². The molecule has 148 valence electrons. The molecule has 7 heteroatoms.